The monoisotopic (exact) mass is 265 g/mol. The molecule has 0 amide bonds. The van der Waals surface area contributed by atoms with E-state index in [1.807, 2.05) is 0 Å². The van der Waals surface area contributed by atoms with Gasteiger partial charge < -0.3 is 10.6 Å². The van der Waals surface area contributed by atoms with E-state index >= 15 is 0 Å². The Morgan fingerprint density at radius 1 is 1.32 bits per heavy atom. The molecule has 108 valence electrons. The first-order valence-electron chi connectivity index (χ1n) is 7.48. The van der Waals surface area contributed by atoms with Crippen LogP contribution in [0.4, 0.5) is 5.95 Å². The second kappa shape index (κ2) is 6.37. The standard InChI is InChI=1S/C14H27N5/c1-10(2)4-5-13-16-14(18-17-13)19-8-6-12(7-9-19)11(3)15/h10-12H,4-9,15H2,1-3H3,(H,16,17,18). The van der Waals surface area contributed by atoms with E-state index < -0.39 is 0 Å². The highest BCUT2D eigenvalue weighted by Gasteiger charge is 2.23. The summed E-state index contributed by atoms with van der Waals surface area (Å²) in [6, 6.07) is 0.302. The first kappa shape index (κ1) is 14.3. The van der Waals surface area contributed by atoms with Crippen molar-refractivity contribution in [1.29, 1.82) is 0 Å². The number of nitrogens with one attached hydrogen (secondary N) is 1. The number of hydrogen-bond acceptors (Lipinski definition) is 4. The highest BCUT2D eigenvalue weighted by atomic mass is 15.4. The largest absolute Gasteiger partial charge is 0.340 e. The SMILES string of the molecule is CC(C)CCc1nc(N2CCC(C(C)N)CC2)n[nH]1. The van der Waals surface area contributed by atoms with Crippen molar-refractivity contribution in [2.24, 2.45) is 17.6 Å². The number of aryl methyl sites for hydroxylation is 1. The molecule has 0 saturated carbocycles. The minimum atomic E-state index is 0.302. The zero-order valence-electron chi connectivity index (χ0n) is 12.4. The van der Waals surface area contributed by atoms with E-state index in [9.17, 15) is 0 Å². The summed E-state index contributed by atoms with van der Waals surface area (Å²) in [5, 5.41) is 7.41. The van der Waals surface area contributed by atoms with Gasteiger partial charge in [-0.2, -0.15) is 4.98 Å². The molecule has 1 fully saturated rings. The van der Waals surface area contributed by atoms with Gasteiger partial charge in [-0.05, 0) is 38.0 Å². The lowest BCUT2D eigenvalue weighted by atomic mass is 9.91. The summed E-state index contributed by atoms with van der Waals surface area (Å²) < 4.78 is 0. The first-order chi connectivity index (χ1) is 9.06. The third kappa shape index (κ3) is 3.93. The maximum atomic E-state index is 5.97. The number of piperidine rings is 1. The van der Waals surface area contributed by atoms with E-state index in [1.165, 1.54) is 0 Å². The van der Waals surface area contributed by atoms with Crippen LogP contribution in [0, 0.1) is 11.8 Å². The van der Waals surface area contributed by atoms with Crippen LogP contribution in [-0.2, 0) is 6.42 Å². The zero-order chi connectivity index (χ0) is 13.8. The van der Waals surface area contributed by atoms with Gasteiger partial charge in [0.1, 0.15) is 5.82 Å². The van der Waals surface area contributed by atoms with Crippen molar-refractivity contribution < 1.29 is 0 Å². The van der Waals surface area contributed by atoms with Crippen LogP contribution in [0.25, 0.3) is 0 Å². The van der Waals surface area contributed by atoms with Gasteiger partial charge in [0.15, 0.2) is 0 Å². The number of aromatic amines is 1. The fourth-order valence-electron chi connectivity index (χ4n) is 2.59. The molecule has 5 nitrogen and oxygen atoms in total. The molecular weight excluding hydrogens is 238 g/mol. The summed E-state index contributed by atoms with van der Waals surface area (Å²) in [6.07, 6.45) is 4.43. The smallest absolute Gasteiger partial charge is 0.244 e. The summed E-state index contributed by atoms with van der Waals surface area (Å²) in [4.78, 5) is 6.88. The highest BCUT2D eigenvalue weighted by molar-refractivity contribution is 5.29. The Hall–Kier alpha value is -1.10. The average molecular weight is 265 g/mol. The molecule has 1 saturated heterocycles. The van der Waals surface area contributed by atoms with Gasteiger partial charge in [-0.25, -0.2) is 0 Å². The number of hydrogen-bond donors (Lipinski definition) is 2. The molecule has 0 radical (unpaired) electrons. The Balaban J connectivity index is 1.86. The molecule has 1 atom stereocenters. The van der Waals surface area contributed by atoms with Gasteiger partial charge >= 0.3 is 0 Å². The number of rotatable bonds is 5. The number of anilines is 1. The predicted octanol–water partition coefficient (Wildman–Crippen LogP) is 1.96. The molecule has 1 aromatic rings. The number of nitrogens with zero attached hydrogens (tertiary/aromatic N) is 3. The Kier molecular flexibility index (Phi) is 4.80. The van der Waals surface area contributed by atoms with Crippen LogP contribution >= 0.6 is 0 Å². The van der Waals surface area contributed by atoms with Crippen LogP contribution in [0.15, 0.2) is 0 Å². The third-order valence-electron chi connectivity index (χ3n) is 4.04. The molecule has 0 spiro atoms. The van der Waals surface area contributed by atoms with E-state index in [1.54, 1.807) is 0 Å². The van der Waals surface area contributed by atoms with Gasteiger partial charge in [-0.3, -0.25) is 5.10 Å². The molecule has 19 heavy (non-hydrogen) atoms. The molecule has 2 rings (SSSR count). The van der Waals surface area contributed by atoms with E-state index in [4.69, 9.17) is 5.73 Å². The van der Waals surface area contributed by atoms with Crippen LogP contribution < -0.4 is 10.6 Å². The number of H-pyrrole nitrogens is 1. The first-order valence-corrected chi connectivity index (χ1v) is 7.48. The fourth-order valence-corrected chi connectivity index (χ4v) is 2.59. The summed E-state index contributed by atoms with van der Waals surface area (Å²) in [7, 11) is 0. The van der Waals surface area contributed by atoms with Crippen molar-refractivity contribution in [3.8, 4) is 0 Å². The minimum absolute atomic E-state index is 0.302. The molecule has 5 heteroatoms. The van der Waals surface area contributed by atoms with E-state index in [0.29, 0.717) is 17.9 Å². The van der Waals surface area contributed by atoms with E-state index in [-0.39, 0.29) is 0 Å². The third-order valence-corrected chi connectivity index (χ3v) is 4.04. The lowest BCUT2D eigenvalue weighted by Crippen LogP contribution is -2.40. The van der Waals surface area contributed by atoms with Crippen molar-refractivity contribution in [3.05, 3.63) is 5.82 Å². The Labute approximate surface area is 116 Å². The Morgan fingerprint density at radius 3 is 2.58 bits per heavy atom. The molecule has 0 bridgehead atoms. The molecular formula is C14H27N5. The van der Waals surface area contributed by atoms with Gasteiger partial charge in [0.05, 0.1) is 0 Å². The van der Waals surface area contributed by atoms with Crippen LogP contribution in [0.3, 0.4) is 0 Å². The van der Waals surface area contributed by atoms with Crippen LogP contribution in [0.1, 0.15) is 45.9 Å². The van der Waals surface area contributed by atoms with Gasteiger partial charge in [0.25, 0.3) is 0 Å². The predicted molar refractivity (Wildman–Crippen MR) is 78.1 cm³/mol. The van der Waals surface area contributed by atoms with Gasteiger partial charge in [0.2, 0.25) is 5.95 Å². The van der Waals surface area contributed by atoms with Crippen LogP contribution in [-0.4, -0.2) is 34.3 Å². The summed E-state index contributed by atoms with van der Waals surface area (Å²) in [6.45, 7) is 8.62. The van der Waals surface area contributed by atoms with Crippen molar-refractivity contribution in [2.75, 3.05) is 18.0 Å². The summed E-state index contributed by atoms with van der Waals surface area (Å²) in [5.41, 5.74) is 5.97. The molecule has 1 aliphatic heterocycles. The molecule has 1 aromatic heterocycles. The van der Waals surface area contributed by atoms with Crippen molar-refractivity contribution >= 4 is 5.95 Å². The lowest BCUT2D eigenvalue weighted by molar-refractivity contribution is 0.352. The summed E-state index contributed by atoms with van der Waals surface area (Å²) >= 11 is 0. The highest BCUT2D eigenvalue weighted by Crippen LogP contribution is 2.22. The Bertz CT molecular complexity index is 377. The molecule has 0 aromatic carbocycles. The normalized spacial score (nSPS) is 19.1. The van der Waals surface area contributed by atoms with Crippen molar-refractivity contribution in [2.45, 2.75) is 52.5 Å². The fraction of sp³-hybridized carbons (Fsp3) is 0.857. The topological polar surface area (TPSA) is 70.8 Å². The van der Waals surface area contributed by atoms with Gasteiger partial charge in [0, 0.05) is 25.6 Å². The van der Waals surface area contributed by atoms with Gasteiger partial charge in [-0.1, -0.05) is 13.8 Å². The minimum Gasteiger partial charge on any atom is -0.340 e. The van der Waals surface area contributed by atoms with Crippen LogP contribution in [0.5, 0.6) is 0 Å². The second-order valence-corrected chi connectivity index (χ2v) is 6.20. The number of nitrogens with two attached hydrogens (primary N) is 1. The second-order valence-electron chi connectivity index (χ2n) is 6.20. The van der Waals surface area contributed by atoms with Crippen LogP contribution in [0.2, 0.25) is 0 Å². The summed E-state index contributed by atoms with van der Waals surface area (Å²) in [5.74, 6) is 3.23. The molecule has 0 aliphatic carbocycles. The van der Waals surface area contributed by atoms with Crippen molar-refractivity contribution in [1.82, 2.24) is 15.2 Å². The molecule has 2 heterocycles. The van der Waals surface area contributed by atoms with Gasteiger partial charge in [-0.15, -0.1) is 5.10 Å². The average Bonchev–Trinajstić information content (AvgIpc) is 2.85. The molecule has 3 N–H and O–H groups in total. The maximum Gasteiger partial charge on any atom is 0.244 e. The zero-order valence-corrected chi connectivity index (χ0v) is 12.4. The Morgan fingerprint density at radius 2 is 2.00 bits per heavy atom. The maximum absolute atomic E-state index is 5.97. The molecule has 1 unspecified atom stereocenters. The van der Waals surface area contributed by atoms with E-state index in [2.05, 4.69) is 40.9 Å². The van der Waals surface area contributed by atoms with E-state index in [0.717, 1.165) is 50.5 Å². The molecule has 1 aliphatic rings. The van der Waals surface area contributed by atoms with Crippen molar-refractivity contribution in [3.63, 3.8) is 0 Å². The quantitative estimate of drug-likeness (QED) is 0.853. The lowest BCUT2D eigenvalue weighted by Gasteiger charge is -2.32. The number of aromatic nitrogens is 3.